The third-order valence-electron chi connectivity index (χ3n) is 2.47. The third-order valence-corrected chi connectivity index (χ3v) is 3.14. The molecule has 3 nitrogen and oxygen atoms in total. The molecule has 0 saturated heterocycles. The van der Waals surface area contributed by atoms with Gasteiger partial charge in [0.05, 0.1) is 6.04 Å². The van der Waals surface area contributed by atoms with E-state index in [2.05, 4.69) is 27.9 Å². The topological polar surface area (TPSA) is 55.1 Å². The molecule has 1 amide bonds. The van der Waals surface area contributed by atoms with Gasteiger partial charge in [0.1, 0.15) is 0 Å². The summed E-state index contributed by atoms with van der Waals surface area (Å²) in [6.07, 6.45) is 0. The number of aryl methyl sites for hydroxylation is 1. The van der Waals surface area contributed by atoms with Gasteiger partial charge < -0.3 is 11.1 Å². The molecule has 0 unspecified atom stereocenters. The van der Waals surface area contributed by atoms with Crippen LogP contribution < -0.4 is 11.1 Å². The molecule has 0 fully saturated rings. The fourth-order valence-electron chi connectivity index (χ4n) is 1.29. The van der Waals surface area contributed by atoms with Crippen molar-refractivity contribution >= 4 is 34.2 Å². The van der Waals surface area contributed by atoms with Crippen molar-refractivity contribution in [2.75, 3.05) is 5.32 Å². The van der Waals surface area contributed by atoms with Crippen LogP contribution in [-0.2, 0) is 4.79 Å². The van der Waals surface area contributed by atoms with E-state index in [0.29, 0.717) is 0 Å². The van der Waals surface area contributed by atoms with Crippen molar-refractivity contribution in [3.05, 3.63) is 27.3 Å². The Morgan fingerprint density at radius 1 is 1.44 bits per heavy atom. The van der Waals surface area contributed by atoms with Gasteiger partial charge in [-0.2, -0.15) is 0 Å². The molecular weight excluding hydrogens is 315 g/mol. The van der Waals surface area contributed by atoms with E-state index in [1.165, 1.54) is 0 Å². The Hall–Kier alpha value is -0.620. The normalized spacial score (nSPS) is 12.6. The van der Waals surface area contributed by atoms with Crippen LogP contribution in [0.25, 0.3) is 0 Å². The Morgan fingerprint density at radius 3 is 2.56 bits per heavy atom. The second-order valence-corrected chi connectivity index (χ2v) is 5.46. The number of nitrogens with two attached hydrogens (primary N) is 1. The minimum atomic E-state index is -0.460. The van der Waals surface area contributed by atoms with E-state index in [4.69, 9.17) is 5.73 Å². The van der Waals surface area contributed by atoms with Crippen LogP contribution in [0.1, 0.15) is 19.4 Å². The number of halogens is 1. The van der Waals surface area contributed by atoms with Crippen LogP contribution in [0.2, 0.25) is 0 Å². The van der Waals surface area contributed by atoms with Crippen LogP contribution in [-0.4, -0.2) is 11.9 Å². The van der Waals surface area contributed by atoms with E-state index in [-0.39, 0.29) is 11.8 Å². The number of benzene rings is 1. The first-order chi connectivity index (χ1) is 7.41. The molecule has 0 aromatic heterocycles. The summed E-state index contributed by atoms with van der Waals surface area (Å²) >= 11 is 2.24. The molecule has 1 atom stereocenters. The predicted octanol–water partition coefficient (Wildman–Crippen LogP) is 2.52. The van der Waals surface area contributed by atoms with E-state index in [0.717, 1.165) is 14.8 Å². The Balaban J connectivity index is 2.77. The lowest BCUT2D eigenvalue weighted by molar-refractivity contribution is -0.118. The number of amides is 1. The lowest BCUT2D eigenvalue weighted by atomic mass is 10.0. The molecule has 16 heavy (non-hydrogen) atoms. The molecule has 0 saturated carbocycles. The highest BCUT2D eigenvalue weighted by molar-refractivity contribution is 14.1. The lowest BCUT2D eigenvalue weighted by Crippen LogP contribution is -2.39. The van der Waals surface area contributed by atoms with Crippen molar-refractivity contribution in [3.63, 3.8) is 0 Å². The summed E-state index contributed by atoms with van der Waals surface area (Å²) in [7, 11) is 0. The number of hydrogen-bond donors (Lipinski definition) is 2. The SMILES string of the molecule is Cc1cc(I)ccc1NC(=O)[C@@H](N)C(C)C. The van der Waals surface area contributed by atoms with Crippen LogP contribution in [0.15, 0.2) is 18.2 Å². The Bertz CT molecular complexity index is 391. The standard InChI is InChI=1S/C12H17IN2O/c1-7(2)11(14)12(16)15-10-5-4-9(13)6-8(10)3/h4-7,11H,14H2,1-3H3,(H,15,16)/t11-/m0/s1. The van der Waals surface area contributed by atoms with Crippen molar-refractivity contribution in [1.29, 1.82) is 0 Å². The van der Waals surface area contributed by atoms with Crippen LogP contribution >= 0.6 is 22.6 Å². The van der Waals surface area contributed by atoms with Crippen LogP contribution in [0.5, 0.6) is 0 Å². The smallest absolute Gasteiger partial charge is 0.241 e. The molecule has 0 aliphatic carbocycles. The summed E-state index contributed by atoms with van der Waals surface area (Å²) in [5.41, 5.74) is 7.66. The fourth-order valence-corrected chi connectivity index (χ4v) is 1.93. The minimum absolute atomic E-state index is 0.126. The van der Waals surface area contributed by atoms with E-state index in [1.54, 1.807) is 0 Å². The first-order valence-corrected chi connectivity index (χ1v) is 6.32. The van der Waals surface area contributed by atoms with E-state index < -0.39 is 6.04 Å². The zero-order chi connectivity index (χ0) is 12.3. The quantitative estimate of drug-likeness (QED) is 0.836. The van der Waals surface area contributed by atoms with Gasteiger partial charge in [0.25, 0.3) is 0 Å². The highest BCUT2D eigenvalue weighted by Gasteiger charge is 2.17. The molecule has 0 aliphatic rings. The summed E-state index contributed by atoms with van der Waals surface area (Å²) in [6.45, 7) is 5.84. The molecule has 0 radical (unpaired) electrons. The molecule has 0 spiro atoms. The number of hydrogen-bond acceptors (Lipinski definition) is 2. The Kier molecular flexibility index (Phi) is 4.73. The molecule has 88 valence electrons. The minimum Gasteiger partial charge on any atom is -0.324 e. The molecule has 1 aromatic carbocycles. The Labute approximate surface area is 110 Å². The number of nitrogens with one attached hydrogen (secondary N) is 1. The van der Waals surface area contributed by atoms with Crippen LogP contribution in [0.4, 0.5) is 5.69 Å². The maximum absolute atomic E-state index is 11.8. The molecular formula is C12H17IN2O. The molecule has 0 heterocycles. The van der Waals surface area contributed by atoms with E-state index in [1.807, 2.05) is 39.0 Å². The van der Waals surface area contributed by atoms with Gasteiger partial charge in [-0.05, 0) is 59.2 Å². The number of carbonyl (C=O) groups is 1. The van der Waals surface area contributed by atoms with Crippen molar-refractivity contribution in [2.45, 2.75) is 26.8 Å². The second-order valence-electron chi connectivity index (χ2n) is 4.22. The van der Waals surface area contributed by atoms with E-state index >= 15 is 0 Å². The average Bonchev–Trinajstić information content (AvgIpc) is 2.20. The third kappa shape index (κ3) is 3.45. The molecule has 0 bridgehead atoms. The van der Waals surface area contributed by atoms with E-state index in [9.17, 15) is 4.79 Å². The van der Waals surface area contributed by atoms with Crippen molar-refractivity contribution in [1.82, 2.24) is 0 Å². The Morgan fingerprint density at radius 2 is 2.06 bits per heavy atom. The van der Waals surface area contributed by atoms with Gasteiger partial charge in [0.15, 0.2) is 0 Å². The van der Waals surface area contributed by atoms with Crippen LogP contribution in [0.3, 0.4) is 0 Å². The zero-order valence-corrected chi connectivity index (χ0v) is 11.9. The van der Waals surface area contributed by atoms with Gasteiger partial charge in [-0.25, -0.2) is 0 Å². The van der Waals surface area contributed by atoms with Gasteiger partial charge >= 0.3 is 0 Å². The highest BCUT2D eigenvalue weighted by atomic mass is 127. The first kappa shape index (κ1) is 13.4. The maximum atomic E-state index is 11.8. The molecule has 4 heteroatoms. The zero-order valence-electron chi connectivity index (χ0n) is 9.75. The first-order valence-electron chi connectivity index (χ1n) is 5.24. The molecule has 1 aromatic rings. The van der Waals surface area contributed by atoms with Crippen LogP contribution in [0, 0.1) is 16.4 Å². The van der Waals surface area contributed by atoms with Gasteiger partial charge in [0, 0.05) is 9.26 Å². The highest BCUT2D eigenvalue weighted by Crippen LogP contribution is 2.18. The number of anilines is 1. The lowest BCUT2D eigenvalue weighted by Gasteiger charge is -2.16. The van der Waals surface area contributed by atoms with Crippen molar-refractivity contribution in [3.8, 4) is 0 Å². The molecule has 0 aliphatic heterocycles. The predicted molar refractivity (Wildman–Crippen MR) is 75.3 cm³/mol. The van der Waals surface area contributed by atoms with Crippen molar-refractivity contribution < 1.29 is 4.79 Å². The largest absolute Gasteiger partial charge is 0.324 e. The number of rotatable bonds is 3. The summed E-state index contributed by atoms with van der Waals surface area (Å²) in [5, 5.41) is 2.85. The summed E-state index contributed by atoms with van der Waals surface area (Å²) in [5.74, 6) is 0.0171. The van der Waals surface area contributed by atoms with Gasteiger partial charge in [-0.1, -0.05) is 13.8 Å². The summed E-state index contributed by atoms with van der Waals surface area (Å²) in [6, 6.07) is 5.43. The van der Waals surface area contributed by atoms with Gasteiger partial charge in [0.2, 0.25) is 5.91 Å². The number of carbonyl (C=O) groups excluding carboxylic acids is 1. The molecule has 1 rings (SSSR count). The summed E-state index contributed by atoms with van der Waals surface area (Å²) < 4.78 is 1.15. The molecule has 3 N–H and O–H groups in total. The van der Waals surface area contributed by atoms with Gasteiger partial charge in [-0.3, -0.25) is 4.79 Å². The monoisotopic (exact) mass is 332 g/mol. The fraction of sp³-hybridized carbons (Fsp3) is 0.417. The van der Waals surface area contributed by atoms with Crippen molar-refractivity contribution in [2.24, 2.45) is 11.7 Å². The maximum Gasteiger partial charge on any atom is 0.241 e. The van der Waals surface area contributed by atoms with Gasteiger partial charge in [-0.15, -0.1) is 0 Å². The second kappa shape index (κ2) is 5.63. The summed E-state index contributed by atoms with van der Waals surface area (Å²) in [4.78, 5) is 11.8. The average molecular weight is 332 g/mol.